The fourth-order valence-electron chi connectivity index (χ4n) is 0. The third-order valence-electron chi connectivity index (χ3n) is 0. The minimum Gasteiger partial charge on any atom is -0.894 e. The van der Waals surface area contributed by atoms with Gasteiger partial charge in [-0.2, -0.15) is 0 Å². The van der Waals surface area contributed by atoms with Gasteiger partial charge in [0.2, 0.25) is 0 Å². The molecule has 0 atom stereocenters. The van der Waals surface area contributed by atoms with Gasteiger partial charge < -0.3 is 56.5 Å². The Morgan fingerprint density at radius 2 is 0.538 bits per heavy atom. The van der Waals surface area contributed by atoms with Crippen molar-refractivity contribution in [2.75, 3.05) is 0 Å². The van der Waals surface area contributed by atoms with E-state index in [2.05, 4.69) is 0 Å². The summed E-state index contributed by atoms with van der Waals surface area (Å²) in [6.45, 7) is 0. The predicted octanol–water partition coefficient (Wildman–Crippen LogP) is -12.0. The van der Waals surface area contributed by atoms with Crippen LogP contribution >= 0.6 is 0 Å². The summed E-state index contributed by atoms with van der Waals surface area (Å²) in [5.41, 5.74) is 0. The molecular weight excluding hydrogens is 353 g/mol. The molecule has 0 unspecified atom stereocenters. The molecule has 0 bridgehead atoms. The number of hydrogen-bond acceptors (Lipinski definition) is 8. The molecule has 0 amide bonds. The molecule has 0 aliphatic carbocycles. The average molecular weight is 355 g/mol. The smallest absolute Gasteiger partial charge is 0.426 e. The Labute approximate surface area is 111 Å². The number of hydrogen-bond donors (Lipinski definition) is 0. The van der Waals surface area contributed by atoms with Crippen molar-refractivity contribution in [3.05, 3.63) is 0 Å². The van der Waals surface area contributed by atoms with Crippen LogP contribution in [0.15, 0.2) is 0 Å². The van der Waals surface area contributed by atoms with Crippen LogP contribution in [0.5, 0.6) is 0 Å². The summed E-state index contributed by atoms with van der Waals surface area (Å²) < 4.78 is 0. The van der Waals surface area contributed by atoms with E-state index in [9.17, 15) is 0 Å². The van der Waals surface area contributed by atoms with Crippen molar-refractivity contribution in [1.29, 1.82) is 0 Å². The van der Waals surface area contributed by atoms with E-state index in [4.69, 9.17) is 38.4 Å². The van der Waals surface area contributed by atoms with Gasteiger partial charge in [0.05, 0.1) is 0 Å². The molecule has 0 spiro atoms. The van der Waals surface area contributed by atoms with Crippen molar-refractivity contribution in [2.45, 2.75) is 0 Å². The van der Waals surface area contributed by atoms with Crippen molar-refractivity contribution in [2.24, 2.45) is 0 Å². The first kappa shape index (κ1) is 29.4. The molecule has 0 N–H and O–H groups in total. The van der Waals surface area contributed by atoms with Gasteiger partial charge in [0.15, 0.2) is 0 Å². The van der Waals surface area contributed by atoms with Crippen LogP contribution in [0, 0.1) is 0 Å². The van der Waals surface area contributed by atoms with Gasteiger partial charge in [-0.15, -0.1) is 0 Å². The molecule has 0 aromatic heterocycles. The standard InChI is InChI=1S/Al.Ga.GeH2.2O4Si/c;;;2*1-5(2,3)4/h;;1H2;;/q2*+3;+2;2*-4. The molecule has 0 rings (SSSR count). The summed E-state index contributed by atoms with van der Waals surface area (Å²) in [5, 5.41) is 0. The Balaban J connectivity index is -0.0000000267. The van der Waals surface area contributed by atoms with E-state index in [1.54, 1.807) is 0 Å². The summed E-state index contributed by atoms with van der Waals surface area (Å²) in [6.07, 6.45) is 0. The SMILES string of the molecule is [Al+3].[Ga+3].[GeH2+2].[O-][Si]([O-])([O-])[O-].[O-][Si]([O-])([O-])[O-]. The van der Waals surface area contributed by atoms with Crippen LogP contribution in [0.4, 0.5) is 0 Å². The van der Waals surface area contributed by atoms with Crippen LogP contribution < -0.4 is 38.4 Å². The van der Waals surface area contributed by atoms with E-state index in [1.807, 2.05) is 0 Å². The molecule has 13 heavy (non-hydrogen) atoms. The Morgan fingerprint density at radius 1 is 0.538 bits per heavy atom. The van der Waals surface area contributed by atoms with Crippen LogP contribution in [0.1, 0.15) is 0 Å². The van der Waals surface area contributed by atoms with E-state index in [0.29, 0.717) is 0 Å². The second-order valence-corrected chi connectivity index (χ2v) is 3.00. The third kappa shape index (κ3) is 580. The predicted molar refractivity (Wildman–Crippen MR) is 31.6 cm³/mol. The Kier molecular flexibility index (Phi) is 26.9. The topological polar surface area (TPSA) is 184 Å². The summed E-state index contributed by atoms with van der Waals surface area (Å²) in [6, 6.07) is 0. The molecule has 0 heterocycles. The fourth-order valence-corrected chi connectivity index (χ4v) is 0. The van der Waals surface area contributed by atoms with Crippen LogP contribution in [0.2, 0.25) is 0 Å². The maximum atomic E-state index is 8.58. The summed E-state index contributed by atoms with van der Waals surface area (Å²) in [4.78, 5) is 68.6. The van der Waals surface area contributed by atoms with Gasteiger partial charge in [0, 0.05) is 0 Å². The molecule has 0 aliphatic heterocycles. The summed E-state index contributed by atoms with van der Waals surface area (Å²) in [5.74, 6) is 0. The quantitative estimate of drug-likeness (QED) is 0.383. The Bertz CT molecular complexity index is 65.1. The van der Waals surface area contributed by atoms with Crippen LogP contribution in [0.25, 0.3) is 0 Å². The molecule has 68 valence electrons. The zero-order valence-corrected chi connectivity index (χ0v) is 14.7. The van der Waals surface area contributed by atoms with E-state index >= 15 is 0 Å². The maximum absolute atomic E-state index is 8.58. The van der Waals surface area contributed by atoms with Crippen LogP contribution in [-0.2, 0) is 0 Å². The molecule has 0 aromatic rings. The Hall–Kier alpha value is 1.83. The van der Waals surface area contributed by atoms with Gasteiger partial charge in [-0.3, -0.25) is 0 Å². The van der Waals surface area contributed by atoms with Crippen molar-refractivity contribution in [3.63, 3.8) is 0 Å². The molecule has 0 radical (unpaired) electrons. The summed E-state index contributed by atoms with van der Waals surface area (Å²) >= 11 is 0. The van der Waals surface area contributed by atoms with Gasteiger partial charge in [-0.25, -0.2) is 0 Å². The van der Waals surface area contributed by atoms with Gasteiger partial charge in [-0.05, 0) is 0 Å². The maximum Gasteiger partial charge on any atom is -0.426 e. The minimum absolute atomic E-state index is 0. The second kappa shape index (κ2) is 11.9. The minimum atomic E-state index is -5.61. The van der Waals surface area contributed by atoms with E-state index < -0.39 is 18.1 Å². The normalized spacial score (nSPS) is 9.23. The zero-order chi connectivity index (χ0) is 9.00. The van der Waals surface area contributed by atoms with Crippen molar-refractivity contribution < 1.29 is 38.4 Å². The van der Waals surface area contributed by atoms with Crippen molar-refractivity contribution >= 4 is 72.8 Å². The molecule has 0 saturated carbocycles. The molecule has 0 fully saturated rings. The third-order valence-corrected chi connectivity index (χ3v) is 0. The van der Waals surface area contributed by atoms with Gasteiger partial charge in [0.25, 0.3) is 0 Å². The molecular formula is H2AlGaGeO8Si2. The average Bonchev–Trinajstić information content (AvgIpc) is 1.12. The van der Waals surface area contributed by atoms with Crippen molar-refractivity contribution in [3.8, 4) is 0 Å². The van der Waals surface area contributed by atoms with Crippen LogP contribution in [0.3, 0.4) is 0 Å². The van der Waals surface area contributed by atoms with Gasteiger partial charge >= 0.3 is 54.7 Å². The van der Waals surface area contributed by atoms with E-state index in [0.717, 1.165) is 0 Å². The first-order valence-corrected chi connectivity index (χ1v) is 4.90. The molecule has 0 aliphatic rings. The van der Waals surface area contributed by atoms with Crippen LogP contribution in [-0.4, -0.2) is 72.8 Å². The van der Waals surface area contributed by atoms with Gasteiger partial charge in [0.1, 0.15) is 0 Å². The van der Waals surface area contributed by atoms with Crippen molar-refractivity contribution in [1.82, 2.24) is 0 Å². The second-order valence-electron chi connectivity index (χ2n) is 1.00. The van der Waals surface area contributed by atoms with E-state index in [-0.39, 0.29) is 54.7 Å². The monoisotopic (exact) mass is 356 g/mol. The summed E-state index contributed by atoms with van der Waals surface area (Å²) in [7, 11) is -11.2. The fraction of sp³-hybridized carbons (Fsp3) is 0. The largest absolute Gasteiger partial charge is 0.894 e. The molecule has 13 heteroatoms. The molecule has 8 nitrogen and oxygen atoms in total. The molecule has 0 saturated heterocycles. The Morgan fingerprint density at radius 3 is 0.538 bits per heavy atom. The number of rotatable bonds is 0. The zero-order valence-electron chi connectivity index (χ0n) is 6.13. The molecule has 0 aromatic carbocycles. The van der Waals surface area contributed by atoms with Gasteiger partial charge in [-0.1, -0.05) is 0 Å². The first-order valence-electron chi connectivity index (χ1n) is 1.63. The van der Waals surface area contributed by atoms with E-state index in [1.165, 1.54) is 0 Å². The first-order chi connectivity index (χ1) is 4.00.